The molecule has 2 aliphatic heterocycles. The molecule has 9 atom stereocenters. The van der Waals surface area contributed by atoms with Gasteiger partial charge in [-0.3, -0.25) is 4.79 Å². The van der Waals surface area contributed by atoms with Crippen LogP contribution in [0.4, 0.5) is 5.69 Å². The first kappa shape index (κ1) is 30.6. The highest BCUT2D eigenvalue weighted by Crippen LogP contribution is 2.31. The summed E-state index contributed by atoms with van der Waals surface area (Å²) in [6, 6.07) is 5.41. The van der Waals surface area contributed by atoms with Gasteiger partial charge in [0.05, 0.1) is 23.8 Å². The number of methoxy groups -OCH3 is 1. The minimum absolute atomic E-state index is 0.00858. The van der Waals surface area contributed by atoms with Crippen molar-refractivity contribution in [2.24, 2.45) is 5.92 Å². The average Bonchev–Trinajstić information content (AvgIpc) is 3.38. The van der Waals surface area contributed by atoms with Gasteiger partial charge in [0.25, 0.3) is 0 Å². The van der Waals surface area contributed by atoms with Gasteiger partial charge in [0.15, 0.2) is 0 Å². The van der Waals surface area contributed by atoms with E-state index in [-0.39, 0.29) is 29.9 Å². The molecule has 3 rings (SSSR count). The number of nitrogen functional groups attached to an aromatic ring is 1. The molecule has 2 heterocycles. The molecule has 7 N–H and O–H groups in total. The number of nitrogens with one attached hydrogen (secondary N) is 2. The van der Waals surface area contributed by atoms with Gasteiger partial charge in [0.1, 0.15) is 36.5 Å². The summed E-state index contributed by atoms with van der Waals surface area (Å²) < 4.78 is 16.8. The van der Waals surface area contributed by atoms with E-state index < -0.39 is 48.0 Å². The number of aliphatic hydroxyl groups excluding tert-OH is 3. The predicted octanol–water partition coefficient (Wildman–Crippen LogP) is 0.264. The largest absolute Gasteiger partial charge is 0.461 e. The topological polar surface area (TPSA) is 173 Å². The Hall–Kier alpha value is -1.93. The second-order valence-electron chi connectivity index (χ2n) is 9.86. The number of para-hydroxylation sites is 1. The van der Waals surface area contributed by atoms with Gasteiger partial charge in [-0.25, -0.2) is 4.79 Å². The molecule has 0 unspecified atom stereocenters. The molecule has 2 fully saturated rings. The lowest BCUT2D eigenvalue weighted by molar-refractivity contribution is -0.212. The molecule has 0 saturated carbocycles. The number of nitrogens with two attached hydrogens (primary N) is 1. The Morgan fingerprint density at radius 1 is 1.24 bits per heavy atom. The summed E-state index contributed by atoms with van der Waals surface area (Å²) in [5, 5.41) is 38.1. The van der Waals surface area contributed by atoms with E-state index >= 15 is 0 Å². The summed E-state index contributed by atoms with van der Waals surface area (Å²) in [4.78, 5) is 25.3. The molecule has 0 aromatic heterocycles. The summed E-state index contributed by atoms with van der Waals surface area (Å²) >= 11 is 1.13. The molecule has 1 aromatic carbocycles. The fourth-order valence-electron chi connectivity index (χ4n) is 4.88. The number of carbonyl (C=O) groups is 2. The molecule has 214 valence electrons. The first-order chi connectivity index (χ1) is 18.2. The maximum Gasteiger partial charge on any atom is 0.340 e. The van der Waals surface area contributed by atoms with Crippen molar-refractivity contribution in [3.63, 3.8) is 0 Å². The lowest BCUT2D eigenvalue weighted by atomic mass is 9.91. The fourth-order valence-corrected chi connectivity index (χ4v) is 5.86. The van der Waals surface area contributed by atoms with Crippen LogP contribution in [0.1, 0.15) is 43.5 Å². The van der Waals surface area contributed by atoms with Crippen LogP contribution in [0, 0.1) is 5.92 Å². The van der Waals surface area contributed by atoms with Gasteiger partial charge in [-0.05, 0) is 44.4 Å². The van der Waals surface area contributed by atoms with Gasteiger partial charge in [0.2, 0.25) is 5.91 Å². The molecular formula is C26H41N3O8S. The second-order valence-corrected chi connectivity index (χ2v) is 11.1. The first-order valence-corrected chi connectivity index (χ1v) is 14.1. The number of esters is 1. The van der Waals surface area contributed by atoms with Crippen LogP contribution in [-0.4, -0.2) is 101 Å². The Labute approximate surface area is 227 Å². The quantitative estimate of drug-likeness (QED) is 0.119. The van der Waals surface area contributed by atoms with Crippen LogP contribution in [0.2, 0.25) is 0 Å². The van der Waals surface area contributed by atoms with E-state index in [0.29, 0.717) is 11.6 Å². The van der Waals surface area contributed by atoms with Crippen molar-refractivity contribution in [2.75, 3.05) is 31.7 Å². The molecule has 2 aliphatic rings. The average molecular weight is 556 g/mol. The molecule has 1 amide bonds. The van der Waals surface area contributed by atoms with Crippen LogP contribution in [0.3, 0.4) is 0 Å². The molecule has 0 spiro atoms. The summed E-state index contributed by atoms with van der Waals surface area (Å²) in [6.45, 7) is 4.62. The van der Waals surface area contributed by atoms with Crippen molar-refractivity contribution in [3.05, 3.63) is 29.8 Å². The smallest absolute Gasteiger partial charge is 0.340 e. The zero-order valence-electron chi connectivity index (χ0n) is 22.1. The minimum Gasteiger partial charge on any atom is -0.461 e. The summed E-state index contributed by atoms with van der Waals surface area (Å²) in [6.07, 6.45) is -3.18. The second kappa shape index (κ2) is 14.5. The molecule has 0 radical (unpaired) electrons. The lowest BCUT2D eigenvalue weighted by Gasteiger charge is -2.44. The van der Waals surface area contributed by atoms with Gasteiger partial charge in [0, 0.05) is 18.6 Å². The van der Waals surface area contributed by atoms with E-state index in [9.17, 15) is 24.9 Å². The highest BCUT2D eigenvalue weighted by Gasteiger charge is 2.49. The third-order valence-electron chi connectivity index (χ3n) is 7.16. The minimum atomic E-state index is -1.51. The standard InChI is InChI=1S/C26H41N3O8S/c1-4-7-15-12-18(28-13-15)24(33)29-19(14(2)35-3)23-21(31)20(30)22(32)26(37-23)38-11-10-36-25(34)16-8-5-6-9-17(16)27/h5-6,8-9,14-15,18-23,26,28,30-32H,4,7,10-13,27H2,1-3H3,(H,29,33)/t14-,15-,18+,19-,20+,21-,22-,23-,26-/m1/s1. The highest BCUT2D eigenvalue weighted by molar-refractivity contribution is 7.99. The SMILES string of the molecule is CCC[C@H]1CN[C@H](C(=O)N[C@@H]([C@H]2O[C@H](SCCOC(=O)c3ccccc3N)[C@H](O)[C@@H](O)[C@H]2O)[C@@H](C)OC)C1. The molecule has 2 saturated heterocycles. The van der Waals surface area contributed by atoms with Crippen LogP contribution in [0.15, 0.2) is 24.3 Å². The van der Waals surface area contributed by atoms with Crippen molar-refractivity contribution in [3.8, 4) is 0 Å². The van der Waals surface area contributed by atoms with E-state index in [2.05, 4.69) is 17.6 Å². The number of thioether (sulfide) groups is 1. The Kier molecular flexibility index (Phi) is 11.6. The maximum absolute atomic E-state index is 13.1. The molecule has 0 aliphatic carbocycles. The maximum atomic E-state index is 13.1. The number of aliphatic hydroxyl groups is 3. The molecule has 11 nitrogen and oxygen atoms in total. The lowest BCUT2D eigenvalue weighted by Crippen LogP contribution is -2.66. The zero-order chi connectivity index (χ0) is 27.8. The van der Waals surface area contributed by atoms with Gasteiger partial charge < -0.3 is 45.9 Å². The van der Waals surface area contributed by atoms with Gasteiger partial charge >= 0.3 is 5.97 Å². The number of ether oxygens (including phenoxy) is 3. The van der Waals surface area contributed by atoms with E-state index in [1.165, 1.54) is 7.11 Å². The van der Waals surface area contributed by atoms with Gasteiger partial charge in [-0.1, -0.05) is 25.5 Å². The van der Waals surface area contributed by atoms with Crippen molar-refractivity contribution >= 4 is 29.3 Å². The Morgan fingerprint density at radius 2 is 1.97 bits per heavy atom. The van der Waals surface area contributed by atoms with Crippen molar-refractivity contribution in [1.82, 2.24) is 10.6 Å². The summed E-state index contributed by atoms with van der Waals surface area (Å²) in [7, 11) is 1.48. The van der Waals surface area contributed by atoms with E-state index in [4.69, 9.17) is 19.9 Å². The summed E-state index contributed by atoms with van der Waals surface area (Å²) in [5.41, 5.74) is 5.43. The number of carbonyl (C=O) groups excluding carboxylic acids is 2. The normalized spacial score (nSPS) is 30.9. The van der Waals surface area contributed by atoms with Crippen LogP contribution in [0.25, 0.3) is 0 Å². The van der Waals surface area contributed by atoms with Crippen LogP contribution in [-0.2, 0) is 19.0 Å². The monoisotopic (exact) mass is 555 g/mol. The Bertz CT molecular complexity index is 924. The molecular weight excluding hydrogens is 514 g/mol. The van der Waals surface area contributed by atoms with Crippen molar-refractivity contribution in [1.29, 1.82) is 0 Å². The van der Waals surface area contributed by atoms with Gasteiger partial charge in [-0.15, -0.1) is 11.8 Å². The third kappa shape index (κ3) is 7.59. The number of benzene rings is 1. The van der Waals surface area contributed by atoms with Crippen LogP contribution >= 0.6 is 11.8 Å². The fraction of sp³-hybridized carbons (Fsp3) is 0.692. The predicted molar refractivity (Wildman–Crippen MR) is 143 cm³/mol. The van der Waals surface area contributed by atoms with Gasteiger partial charge in [-0.2, -0.15) is 0 Å². The number of rotatable bonds is 12. The summed E-state index contributed by atoms with van der Waals surface area (Å²) in [5.74, 6) is -0.126. The Balaban J connectivity index is 1.60. The van der Waals surface area contributed by atoms with Crippen molar-refractivity contribution < 1.29 is 39.1 Å². The van der Waals surface area contributed by atoms with E-state index in [1.54, 1.807) is 31.2 Å². The molecule has 38 heavy (non-hydrogen) atoms. The molecule has 12 heteroatoms. The van der Waals surface area contributed by atoms with Crippen LogP contribution < -0.4 is 16.4 Å². The zero-order valence-corrected chi connectivity index (χ0v) is 22.9. The first-order valence-electron chi connectivity index (χ1n) is 13.1. The molecule has 0 bridgehead atoms. The van der Waals surface area contributed by atoms with Crippen LogP contribution in [0.5, 0.6) is 0 Å². The van der Waals surface area contributed by atoms with E-state index in [1.807, 2.05) is 0 Å². The number of hydrogen-bond donors (Lipinski definition) is 6. The highest BCUT2D eigenvalue weighted by atomic mass is 32.2. The van der Waals surface area contributed by atoms with Crippen molar-refractivity contribution in [2.45, 2.75) is 81.1 Å². The Morgan fingerprint density at radius 3 is 2.66 bits per heavy atom. The number of hydrogen-bond acceptors (Lipinski definition) is 11. The number of anilines is 1. The van der Waals surface area contributed by atoms with E-state index in [0.717, 1.165) is 37.6 Å². The number of amides is 1. The molecule has 1 aromatic rings. The third-order valence-corrected chi connectivity index (χ3v) is 8.28.